The number of β-amino-alcohol motifs (C(OH)–C–C–N with tert-alkyl or cyclic N) is 1. The Bertz CT molecular complexity index is 483. The van der Waals surface area contributed by atoms with Gasteiger partial charge in [0.1, 0.15) is 0 Å². The molecular formula is C11H12F2N2O3. The second-order valence-electron chi connectivity index (χ2n) is 4.65. The quantitative estimate of drug-likeness (QED) is 0.666. The second-order valence-corrected chi connectivity index (χ2v) is 4.65. The molecule has 1 fully saturated rings. The zero-order chi connectivity index (χ0) is 13.5. The van der Waals surface area contributed by atoms with E-state index in [4.69, 9.17) is 0 Å². The smallest absolute Gasteiger partial charge is 0.270 e. The number of hydrogen-bond donors (Lipinski definition) is 1. The van der Waals surface area contributed by atoms with Crippen molar-refractivity contribution in [3.8, 4) is 0 Å². The molecule has 0 saturated carbocycles. The number of rotatable bonds is 3. The summed E-state index contributed by atoms with van der Waals surface area (Å²) >= 11 is 0. The van der Waals surface area contributed by atoms with E-state index in [2.05, 4.69) is 0 Å². The van der Waals surface area contributed by atoms with Gasteiger partial charge in [0, 0.05) is 36.5 Å². The summed E-state index contributed by atoms with van der Waals surface area (Å²) in [5.74, 6) is 0. The van der Waals surface area contributed by atoms with Crippen molar-refractivity contribution < 1.29 is 18.8 Å². The van der Waals surface area contributed by atoms with Gasteiger partial charge in [-0.1, -0.05) is 0 Å². The average molecular weight is 258 g/mol. The molecule has 2 rings (SSSR count). The van der Waals surface area contributed by atoms with Crippen molar-refractivity contribution in [1.29, 1.82) is 0 Å². The van der Waals surface area contributed by atoms with Gasteiger partial charge in [-0.25, -0.2) is 8.78 Å². The average Bonchev–Trinajstić information content (AvgIpc) is 2.24. The highest BCUT2D eigenvalue weighted by atomic mass is 19.3. The number of aliphatic hydroxyl groups is 1. The van der Waals surface area contributed by atoms with Gasteiger partial charge in [-0.15, -0.1) is 0 Å². The Morgan fingerprint density at radius 3 is 2.56 bits per heavy atom. The fourth-order valence-corrected chi connectivity index (χ4v) is 2.06. The third-order valence-corrected chi connectivity index (χ3v) is 2.86. The Morgan fingerprint density at radius 1 is 1.50 bits per heavy atom. The van der Waals surface area contributed by atoms with E-state index in [9.17, 15) is 24.0 Å². The fraction of sp³-hybridized carbons (Fsp3) is 0.455. The van der Waals surface area contributed by atoms with Gasteiger partial charge in [-0.2, -0.15) is 0 Å². The van der Waals surface area contributed by atoms with E-state index in [0.717, 1.165) is 6.07 Å². The summed E-state index contributed by atoms with van der Waals surface area (Å²) in [5.41, 5.74) is -1.38. The number of halogens is 2. The molecule has 5 nitrogen and oxygen atoms in total. The van der Waals surface area contributed by atoms with Crippen molar-refractivity contribution in [2.45, 2.75) is 19.0 Å². The van der Waals surface area contributed by atoms with Crippen molar-refractivity contribution in [3.63, 3.8) is 0 Å². The Hall–Kier alpha value is -1.76. The van der Waals surface area contributed by atoms with Crippen LogP contribution in [-0.4, -0.2) is 28.7 Å². The van der Waals surface area contributed by atoms with Crippen LogP contribution in [0.15, 0.2) is 18.2 Å². The number of hydrogen-bond acceptors (Lipinski definition) is 4. The van der Waals surface area contributed by atoms with Gasteiger partial charge in [0.25, 0.3) is 12.1 Å². The molecule has 0 atom stereocenters. The van der Waals surface area contributed by atoms with E-state index in [1.165, 1.54) is 12.1 Å². The van der Waals surface area contributed by atoms with Crippen molar-refractivity contribution in [1.82, 2.24) is 0 Å². The number of nitro benzene ring substituents is 1. The summed E-state index contributed by atoms with van der Waals surface area (Å²) in [5, 5.41) is 20.1. The molecule has 0 spiro atoms. The van der Waals surface area contributed by atoms with Crippen LogP contribution in [0.5, 0.6) is 0 Å². The van der Waals surface area contributed by atoms with Gasteiger partial charge in [-0.05, 0) is 13.0 Å². The van der Waals surface area contributed by atoms with Crippen LogP contribution in [0, 0.1) is 10.1 Å². The third-order valence-electron chi connectivity index (χ3n) is 2.86. The summed E-state index contributed by atoms with van der Waals surface area (Å²) in [4.78, 5) is 11.4. The zero-order valence-corrected chi connectivity index (χ0v) is 9.64. The second kappa shape index (κ2) is 4.16. The van der Waals surface area contributed by atoms with Gasteiger partial charge in [0.05, 0.1) is 10.5 Å². The minimum absolute atomic E-state index is 0.238. The molecule has 7 heteroatoms. The van der Waals surface area contributed by atoms with E-state index in [-0.39, 0.29) is 30.0 Å². The van der Waals surface area contributed by atoms with Crippen LogP contribution in [-0.2, 0) is 0 Å². The number of nitro groups is 1. The van der Waals surface area contributed by atoms with Crippen molar-refractivity contribution in [3.05, 3.63) is 33.9 Å². The van der Waals surface area contributed by atoms with Crippen LogP contribution in [0.2, 0.25) is 0 Å². The van der Waals surface area contributed by atoms with Crippen LogP contribution in [0.1, 0.15) is 18.9 Å². The molecule has 1 aromatic rings. The molecule has 1 heterocycles. The van der Waals surface area contributed by atoms with E-state index in [1.807, 2.05) is 0 Å². The van der Waals surface area contributed by atoms with Gasteiger partial charge in [-0.3, -0.25) is 10.1 Å². The molecule has 0 amide bonds. The van der Waals surface area contributed by atoms with Crippen LogP contribution in [0.4, 0.5) is 20.2 Å². The number of anilines is 1. The van der Waals surface area contributed by atoms with Gasteiger partial charge >= 0.3 is 0 Å². The summed E-state index contributed by atoms with van der Waals surface area (Å²) < 4.78 is 25.7. The Labute approximate surface area is 102 Å². The van der Waals surface area contributed by atoms with Crippen LogP contribution in [0.25, 0.3) is 0 Å². The van der Waals surface area contributed by atoms with Gasteiger partial charge in [0.15, 0.2) is 0 Å². The molecule has 1 saturated heterocycles. The predicted octanol–water partition coefficient (Wildman–Crippen LogP) is 2.10. The molecule has 1 aliphatic heterocycles. The molecule has 0 aromatic heterocycles. The van der Waals surface area contributed by atoms with E-state index >= 15 is 0 Å². The monoisotopic (exact) mass is 258 g/mol. The maximum atomic E-state index is 12.9. The lowest BCUT2D eigenvalue weighted by atomic mass is 9.95. The molecule has 1 aromatic carbocycles. The molecule has 0 unspecified atom stereocenters. The van der Waals surface area contributed by atoms with E-state index in [0.29, 0.717) is 0 Å². The number of alkyl halides is 2. The van der Waals surface area contributed by atoms with Crippen molar-refractivity contribution >= 4 is 11.4 Å². The minimum Gasteiger partial charge on any atom is -0.386 e. The first-order valence-electron chi connectivity index (χ1n) is 5.34. The normalized spacial score (nSPS) is 17.7. The molecule has 18 heavy (non-hydrogen) atoms. The van der Waals surface area contributed by atoms with E-state index < -0.39 is 16.9 Å². The van der Waals surface area contributed by atoms with Crippen molar-refractivity contribution in [2.24, 2.45) is 0 Å². The Morgan fingerprint density at radius 2 is 2.11 bits per heavy atom. The number of benzene rings is 1. The largest absolute Gasteiger partial charge is 0.386 e. The topological polar surface area (TPSA) is 66.6 Å². The summed E-state index contributed by atoms with van der Waals surface area (Å²) in [7, 11) is 0. The molecular weight excluding hydrogens is 246 g/mol. The first-order valence-corrected chi connectivity index (χ1v) is 5.34. The summed E-state index contributed by atoms with van der Waals surface area (Å²) in [6.07, 6.45) is -2.79. The minimum atomic E-state index is -2.79. The maximum absolute atomic E-state index is 12.9. The predicted molar refractivity (Wildman–Crippen MR) is 60.9 cm³/mol. The maximum Gasteiger partial charge on any atom is 0.270 e. The van der Waals surface area contributed by atoms with Gasteiger partial charge < -0.3 is 10.0 Å². The Kier molecular flexibility index (Phi) is 2.94. The lowest BCUT2D eigenvalue weighted by molar-refractivity contribution is -0.385. The first-order chi connectivity index (χ1) is 8.30. The molecule has 98 valence electrons. The molecule has 0 bridgehead atoms. The van der Waals surface area contributed by atoms with Crippen LogP contribution >= 0.6 is 0 Å². The summed E-state index contributed by atoms with van der Waals surface area (Å²) in [6, 6.07) is 3.37. The lowest BCUT2D eigenvalue weighted by Gasteiger charge is -2.46. The van der Waals surface area contributed by atoms with Crippen LogP contribution in [0.3, 0.4) is 0 Å². The summed E-state index contributed by atoms with van der Waals surface area (Å²) in [6.45, 7) is 2.09. The zero-order valence-electron chi connectivity index (χ0n) is 9.64. The lowest BCUT2D eigenvalue weighted by Crippen LogP contribution is -2.60. The Balaban J connectivity index is 2.33. The highest BCUT2D eigenvalue weighted by molar-refractivity contribution is 5.60. The van der Waals surface area contributed by atoms with Gasteiger partial charge in [0.2, 0.25) is 0 Å². The highest BCUT2D eigenvalue weighted by Crippen LogP contribution is 2.37. The van der Waals surface area contributed by atoms with Crippen LogP contribution < -0.4 is 4.90 Å². The molecule has 0 radical (unpaired) electrons. The third kappa shape index (κ3) is 2.26. The highest BCUT2D eigenvalue weighted by Gasteiger charge is 2.38. The molecule has 1 N–H and O–H groups in total. The standard InChI is InChI=1S/C11H12F2N2O3/c1-11(16)5-14(6-11)9-3-2-7(15(17)18)4-8(9)10(12)13/h2-4,10,16H,5-6H2,1H3. The fourth-order valence-electron chi connectivity index (χ4n) is 2.06. The van der Waals surface area contributed by atoms with E-state index in [1.54, 1.807) is 11.8 Å². The first kappa shape index (κ1) is 12.7. The number of nitrogens with zero attached hydrogens (tertiary/aromatic N) is 2. The SMILES string of the molecule is CC1(O)CN(c2ccc([N+](=O)[O-])cc2C(F)F)C1. The molecule has 0 aliphatic carbocycles. The molecule has 1 aliphatic rings. The van der Waals surface area contributed by atoms with Crippen molar-refractivity contribution in [2.75, 3.05) is 18.0 Å². The number of non-ortho nitro benzene ring substituents is 1.